The minimum absolute atomic E-state index is 0.282. The van der Waals surface area contributed by atoms with Gasteiger partial charge < -0.3 is 9.47 Å². The first-order chi connectivity index (χ1) is 13.1. The first kappa shape index (κ1) is 19.2. The number of rotatable bonds is 6. The molecule has 2 aliphatic heterocycles. The maximum Gasteiger partial charge on any atom is 0.243 e. The first-order valence-corrected chi connectivity index (χ1v) is 11.7. The normalized spacial score (nSPS) is 25.9. The van der Waals surface area contributed by atoms with Crippen LogP contribution in [0.1, 0.15) is 38.5 Å². The molecular formula is C20H30N2O4S. The lowest BCUT2D eigenvalue weighted by Gasteiger charge is -2.35. The number of benzene rings is 1. The third-order valence-electron chi connectivity index (χ3n) is 5.88. The van der Waals surface area contributed by atoms with Gasteiger partial charge in [0.2, 0.25) is 10.0 Å². The lowest BCUT2D eigenvalue weighted by Crippen LogP contribution is -2.50. The maximum absolute atomic E-state index is 12.9. The molecule has 1 saturated carbocycles. The Hall–Kier alpha value is -1.15. The summed E-state index contributed by atoms with van der Waals surface area (Å²) in [4.78, 5) is 2.68. The number of sulfonamides is 1. The number of piperazine rings is 1. The van der Waals surface area contributed by atoms with Gasteiger partial charge in [0.15, 0.2) is 0 Å². The van der Waals surface area contributed by atoms with Crippen molar-refractivity contribution in [2.75, 3.05) is 39.3 Å². The molecule has 0 bridgehead atoms. The van der Waals surface area contributed by atoms with Gasteiger partial charge in [-0.25, -0.2) is 8.42 Å². The van der Waals surface area contributed by atoms with E-state index in [1.54, 1.807) is 28.6 Å². The van der Waals surface area contributed by atoms with Crippen LogP contribution in [0, 0.1) is 0 Å². The highest BCUT2D eigenvalue weighted by atomic mass is 32.2. The summed E-state index contributed by atoms with van der Waals surface area (Å²) in [6.07, 6.45) is 7.48. The van der Waals surface area contributed by atoms with Gasteiger partial charge in [0, 0.05) is 39.3 Å². The zero-order valence-corrected chi connectivity index (χ0v) is 16.7. The van der Waals surface area contributed by atoms with Crippen molar-refractivity contribution in [3.63, 3.8) is 0 Å². The molecule has 27 heavy (non-hydrogen) atoms. The highest BCUT2D eigenvalue weighted by Gasteiger charge is 2.30. The lowest BCUT2D eigenvalue weighted by atomic mass is 10.2. The highest BCUT2D eigenvalue weighted by molar-refractivity contribution is 7.89. The van der Waals surface area contributed by atoms with Crippen LogP contribution in [0.15, 0.2) is 29.2 Å². The molecule has 6 nitrogen and oxygen atoms in total. The van der Waals surface area contributed by atoms with Crippen molar-refractivity contribution in [3.8, 4) is 5.75 Å². The second-order valence-electron chi connectivity index (χ2n) is 7.84. The number of hydrogen-bond donors (Lipinski definition) is 0. The molecule has 1 aliphatic carbocycles. The Morgan fingerprint density at radius 1 is 0.963 bits per heavy atom. The van der Waals surface area contributed by atoms with Crippen LogP contribution in [-0.2, 0) is 14.8 Å². The van der Waals surface area contributed by atoms with Crippen LogP contribution in [0.4, 0.5) is 0 Å². The minimum atomic E-state index is -3.44. The number of hydrogen-bond acceptors (Lipinski definition) is 5. The standard InChI is InChI=1S/C20H30N2O4S/c23-27(24,20-9-7-18(8-10-20)26-17-4-1-2-5-17)22-13-11-21(12-14-22)16-19-6-3-15-25-19/h7-10,17,19H,1-6,11-16H2. The molecule has 3 aliphatic rings. The summed E-state index contributed by atoms with van der Waals surface area (Å²) >= 11 is 0. The second-order valence-corrected chi connectivity index (χ2v) is 9.77. The summed E-state index contributed by atoms with van der Waals surface area (Å²) in [7, 11) is -3.44. The van der Waals surface area contributed by atoms with Crippen LogP contribution < -0.4 is 4.74 Å². The predicted molar refractivity (Wildman–Crippen MR) is 103 cm³/mol. The van der Waals surface area contributed by atoms with Crippen molar-refractivity contribution >= 4 is 10.0 Å². The molecule has 3 fully saturated rings. The molecule has 1 aromatic rings. The third kappa shape index (κ3) is 4.65. The van der Waals surface area contributed by atoms with Crippen molar-refractivity contribution < 1.29 is 17.9 Å². The molecule has 1 unspecified atom stereocenters. The fourth-order valence-electron chi connectivity index (χ4n) is 4.27. The zero-order chi connectivity index (χ0) is 18.7. The summed E-state index contributed by atoms with van der Waals surface area (Å²) in [5.41, 5.74) is 0. The van der Waals surface area contributed by atoms with Crippen LogP contribution in [0.5, 0.6) is 5.75 Å². The van der Waals surface area contributed by atoms with E-state index in [4.69, 9.17) is 9.47 Å². The van der Waals surface area contributed by atoms with Gasteiger partial charge in [-0.15, -0.1) is 0 Å². The quantitative estimate of drug-likeness (QED) is 0.742. The fourth-order valence-corrected chi connectivity index (χ4v) is 5.69. The van der Waals surface area contributed by atoms with E-state index in [2.05, 4.69) is 4.90 Å². The van der Waals surface area contributed by atoms with E-state index < -0.39 is 10.0 Å². The van der Waals surface area contributed by atoms with Gasteiger partial charge in [-0.3, -0.25) is 4.90 Å². The molecule has 2 saturated heterocycles. The molecule has 0 radical (unpaired) electrons. The molecule has 2 heterocycles. The summed E-state index contributed by atoms with van der Waals surface area (Å²) in [5.74, 6) is 0.766. The van der Waals surface area contributed by atoms with E-state index in [-0.39, 0.29) is 6.10 Å². The van der Waals surface area contributed by atoms with E-state index in [9.17, 15) is 8.42 Å². The van der Waals surface area contributed by atoms with Gasteiger partial charge >= 0.3 is 0 Å². The highest BCUT2D eigenvalue weighted by Crippen LogP contribution is 2.26. The molecule has 7 heteroatoms. The fraction of sp³-hybridized carbons (Fsp3) is 0.700. The minimum Gasteiger partial charge on any atom is -0.490 e. The predicted octanol–water partition coefficient (Wildman–Crippen LogP) is 2.49. The van der Waals surface area contributed by atoms with E-state index in [1.165, 1.54) is 12.8 Å². The Bertz CT molecular complexity index is 702. The number of nitrogens with zero attached hydrogens (tertiary/aromatic N) is 2. The Morgan fingerprint density at radius 2 is 1.67 bits per heavy atom. The van der Waals surface area contributed by atoms with Gasteiger partial charge in [0.1, 0.15) is 5.75 Å². The Morgan fingerprint density at radius 3 is 2.30 bits per heavy atom. The van der Waals surface area contributed by atoms with Gasteiger partial charge in [-0.1, -0.05) is 0 Å². The Balaban J connectivity index is 1.32. The van der Waals surface area contributed by atoms with Crippen molar-refractivity contribution in [1.82, 2.24) is 9.21 Å². The first-order valence-electron chi connectivity index (χ1n) is 10.2. The molecule has 0 amide bonds. The smallest absolute Gasteiger partial charge is 0.243 e. The number of ether oxygens (including phenoxy) is 2. The zero-order valence-electron chi connectivity index (χ0n) is 15.9. The van der Waals surface area contributed by atoms with E-state index >= 15 is 0 Å². The Labute approximate surface area is 162 Å². The van der Waals surface area contributed by atoms with Crippen molar-refractivity contribution in [2.45, 2.75) is 55.6 Å². The largest absolute Gasteiger partial charge is 0.490 e. The van der Waals surface area contributed by atoms with Gasteiger partial charge in [0.05, 0.1) is 17.1 Å². The molecule has 4 rings (SSSR count). The molecule has 1 aromatic carbocycles. The average molecular weight is 395 g/mol. The van der Waals surface area contributed by atoms with Crippen LogP contribution in [0.3, 0.4) is 0 Å². The molecule has 0 N–H and O–H groups in total. The van der Waals surface area contributed by atoms with Crippen LogP contribution in [-0.4, -0.2) is 69.2 Å². The van der Waals surface area contributed by atoms with E-state index in [0.29, 0.717) is 24.1 Å². The Kier molecular flexibility index (Phi) is 6.02. The van der Waals surface area contributed by atoms with Crippen molar-refractivity contribution in [2.24, 2.45) is 0 Å². The molecule has 1 atom stereocenters. The summed E-state index contributed by atoms with van der Waals surface area (Å²) < 4.78 is 39.1. The van der Waals surface area contributed by atoms with Gasteiger partial charge in [-0.2, -0.15) is 4.31 Å². The maximum atomic E-state index is 12.9. The summed E-state index contributed by atoms with van der Waals surface area (Å²) in [5, 5.41) is 0. The topological polar surface area (TPSA) is 59.1 Å². The third-order valence-corrected chi connectivity index (χ3v) is 7.80. The van der Waals surface area contributed by atoms with Crippen molar-refractivity contribution in [3.05, 3.63) is 24.3 Å². The van der Waals surface area contributed by atoms with Crippen LogP contribution in [0.2, 0.25) is 0 Å². The van der Waals surface area contributed by atoms with E-state index in [1.807, 2.05) is 0 Å². The van der Waals surface area contributed by atoms with Crippen molar-refractivity contribution in [1.29, 1.82) is 0 Å². The van der Waals surface area contributed by atoms with Gasteiger partial charge in [0.25, 0.3) is 0 Å². The van der Waals surface area contributed by atoms with Crippen LogP contribution in [0.25, 0.3) is 0 Å². The monoisotopic (exact) mass is 394 g/mol. The molecular weight excluding hydrogens is 364 g/mol. The van der Waals surface area contributed by atoms with Crippen LogP contribution >= 0.6 is 0 Å². The molecule has 0 spiro atoms. The van der Waals surface area contributed by atoms with Gasteiger partial charge in [-0.05, 0) is 62.8 Å². The second kappa shape index (κ2) is 8.47. The molecule has 0 aromatic heterocycles. The van der Waals surface area contributed by atoms with E-state index in [0.717, 1.165) is 57.7 Å². The SMILES string of the molecule is O=S(=O)(c1ccc(OC2CCCC2)cc1)N1CCN(CC2CCCO2)CC1. The lowest BCUT2D eigenvalue weighted by molar-refractivity contribution is 0.0617. The molecule has 150 valence electrons. The summed E-state index contributed by atoms with van der Waals surface area (Å²) in [6.45, 7) is 4.38. The summed E-state index contributed by atoms with van der Waals surface area (Å²) in [6, 6.07) is 6.94. The average Bonchev–Trinajstić information content (AvgIpc) is 3.37.